The normalized spacial score (nSPS) is 12.0. The predicted octanol–water partition coefficient (Wildman–Crippen LogP) is 5.49. The molecule has 1 aromatic carbocycles. The van der Waals surface area contributed by atoms with E-state index in [4.69, 9.17) is 9.16 Å². The molecule has 0 spiro atoms. The van der Waals surface area contributed by atoms with Gasteiger partial charge >= 0.3 is 5.97 Å². The lowest BCUT2D eigenvalue weighted by atomic mass is 10.2. The number of ether oxygens (including phenoxy) is 1. The highest BCUT2D eigenvalue weighted by Gasteiger charge is 2.40. The fourth-order valence-corrected chi connectivity index (χ4v) is 3.87. The minimum atomic E-state index is -2.11. The summed E-state index contributed by atoms with van der Waals surface area (Å²) >= 11 is 0. The number of rotatable bonds is 7. The number of carbonyl (C=O) groups excluding carboxylic acids is 1. The molecular formula is C22H34N2O3Si. The third kappa shape index (κ3) is 4.27. The van der Waals surface area contributed by atoms with Crippen LogP contribution in [0.5, 0.6) is 5.88 Å². The van der Waals surface area contributed by atoms with Crippen molar-refractivity contribution in [1.29, 1.82) is 0 Å². The Labute approximate surface area is 170 Å². The fraction of sp³-hybridized carbons (Fsp3) is 0.500. The van der Waals surface area contributed by atoms with Gasteiger partial charge in [0.25, 0.3) is 8.32 Å². The number of carbonyl (C=O) groups is 1. The summed E-state index contributed by atoms with van der Waals surface area (Å²) in [6, 6.07) is 11.9. The van der Waals surface area contributed by atoms with E-state index in [1.807, 2.05) is 36.4 Å². The number of methoxy groups -OCH3 is 1. The number of hydrogen-bond donors (Lipinski definition) is 0. The van der Waals surface area contributed by atoms with Crippen molar-refractivity contribution in [1.82, 2.24) is 4.57 Å². The van der Waals surface area contributed by atoms with Crippen molar-refractivity contribution in [3.63, 3.8) is 0 Å². The highest BCUT2D eigenvalue weighted by molar-refractivity contribution is 6.74. The maximum Gasteiger partial charge on any atom is 0.341 e. The number of anilines is 1. The lowest BCUT2D eigenvalue weighted by Gasteiger charge is -2.36. The van der Waals surface area contributed by atoms with Crippen molar-refractivity contribution in [2.75, 3.05) is 25.1 Å². The lowest BCUT2D eigenvalue weighted by Crippen LogP contribution is -2.44. The molecule has 6 heteroatoms. The second-order valence-corrected chi connectivity index (χ2v) is 13.1. The van der Waals surface area contributed by atoms with Gasteiger partial charge in [-0.1, -0.05) is 39.0 Å². The van der Waals surface area contributed by atoms with Crippen molar-refractivity contribution < 1.29 is 14.0 Å². The summed E-state index contributed by atoms with van der Waals surface area (Å²) in [6.45, 7) is 16.8. The zero-order valence-corrected chi connectivity index (χ0v) is 19.5. The largest absolute Gasteiger partial charge is 0.531 e. The number of benzene rings is 1. The van der Waals surface area contributed by atoms with Crippen LogP contribution in [0.25, 0.3) is 5.69 Å². The predicted molar refractivity (Wildman–Crippen MR) is 118 cm³/mol. The third-order valence-corrected chi connectivity index (χ3v) is 9.92. The Morgan fingerprint density at radius 1 is 1.11 bits per heavy atom. The quantitative estimate of drug-likeness (QED) is 0.453. The number of aromatic nitrogens is 1. The van der Waals surface area contributed by atoms with Crippen molar-refractivity contribution in [3.05, 3.63) is 42.0 Å². The Bertz CT molecular complexity index is 803. The third-order valence-electron chi connectivity index (χ3n) is 5.59. The molecule has 0 N–H and O–H groups in total. The molecule has 0 aliphatic carbocycles. The number of hydrogen-bond acceptors (Lipinski definition) is 4. The van der Waals surface area contributed by atoms with Crippen LogP contribution in [0.3, 0.4) is 0 Å². The lowest BCUT2D eigenvalue weighted by molar-refractivity contribution is 0.0601. The molecule has 0 amide bonds. The van der Waals surface area contributed by atoms with Gasteiger partial charge in [0.15, 0.2) is 5.88 Å². The van der Waals surface area contributed by atoms with Crippen molar-refractivity contribution in [2.45, 2.75) is 52.8 Å². The molecule has 0 bridgehead atoms. The summed E-state index contributed by atoms with van der Waals surface area (Å²) in [4.78, 5) is 14.8. The van der Waals surface area contributed by atoms with Crippen LogP contribution >= 0.6 is 0 Å². The average Bonchev–Trinajstić information content (AvgIpc) is 3.00. The SMILES string of the molecule is CCN(CC)c1c(C(=O)OC)cc(O[Si](C)(C)C(C)(C)C)n1-c1ccccc1. The van der Waals surface area contributed by atoms with Gasteiger partial charge < -0.3 is 14.1 Å². The minimum absolute atomic E-state index is 0.0412. The molecule has 0 radical (unpaired) electrons. The van der Waals surface area contributed by atoms with Crippen LogP contribution in [0.15, 0.2) is 36.4 Å². The molecular weight excluding hydrogens is 368 g/mol. The van der Waals surface area contributed by atoms with Gasteiger partial charge in [-0.05, 0) is 44.1 Å². The van der Waals surface area contributed by atoms with Crippen LogP contribution in [0.4, 0.5) is 5.82 Å². The molecule has 2 aromatic rings. The van der Waals surface area contributed by atoms with Gasteiger partial charge in [0, 0.05) is 19.2 Å². The second kappa shape index (κ2) is 8.43. The fourth-order valence-electron chi connectivity index (χ4n) is 2.89. The summed E-state index contributed by atoms with van der Waals surface area (Å²) < 4.78 is 13.8. The molecule has 2 rings (SSSR count). The van der Waals surface area contributed by atoms with Crippen molar-refractivity contribution in [2.24, 2.45) is 0 Å². The van der Waals surface area contributed by atoms with Gasteiger partial charge in [-0.2, -0.15) is 0 Å². The topological polar surface area (TPSA) is 43.7 Å². The Morgan fingerprint density at radius 2 is 1.68 bits per heavy atom. The first-order chi connectivity index (χ1) is 13.1. The second-order valence-electron chi connectivity index (χ2n) is 8.42. The highest BCUT2D eigenvalue weighted by atomic mass is 28.4. The van der Waals surface area contributed by atoms with E-state index in [9.17, 15) is 4.79 Å². The monoisotopic (exact) mass is 402 g/mol. The molecule has 0 saturated carbocycles. The van der Waals surface area contributed by atoms with E-state index in [0.29, 0.717) is 11.4 Å². The first kappa shape index (κ1) is 22.1. The van der Waals surface area contributed by atoms with Crippen LogP contribution in [-0.2, 0) is 4.74 Å². The summed E-state index contributed by atoms with van der Waals surface area (Å²) in [5, 5.41) is 0.0412. The smallest absolute Gasteiger partial charge is 0.341 e. The summed E-state index contributed by atoms with van der Waals surface area (Å²) in [5.41, 5.74) is 1.50. The van der Waals surface area contributed by atoms with E-state index in [-0.39, 0.29) is 11.0 Å². The van der Waals surface area contributed by atoms with E-state index >= 15 is 0 Å². The average molecular weight is 403 g/mol. The molecule has 0 aliphatic heterocycles. The van der Waals surface area contributed by atoms with Gasteiger partial charge in [-0.25, -0.2) is 4.79 Å². The van der Waals surface area contributed by atoms with Gasteiger partial charge in [0.1, 0.15) is 11.4 Å². The van der Waals surface area contributed by atoms with E-state index in [0.717, 1.165) is 24.6 Å². The summed E-state index contributed by atoms with van der Waals surface area (Å²) in [6.07, 6.45) is 0. The van der Waals surface area contributed by atoms with Crippen molar-refractivity contribution in [3.8, 4) is 11.6 Å². The zero-order chi connectivity index (χ0) is 21.1. The van der Waals surface area contributed by atoms with E-state index in [1.54, 1.807) is 0 Å². The summed E-state index contributed by atoms with van der Waals surface area (Å²) in [7, 11) is -0.692. The first-order valence-electron chi connectivity index (χ1n) is 9.90. The molecule has 5 nitrogen and oxygen atoms in total. The maximum atomic E-state index is 12.6. The molecule has 0 atom stereocenters. The zero-order valence-electron chi connectivity index (χ0n) is 18.5. The van der Waals surface area contributed by atoms with Gasteiger partial charge in [-0.3, -0.25) is 4.57 Å². The number of esters is 1. The van der Waals surface area contributed by atoms with E-state index in [2.05, 4.69) is 57.2 Å². The van der Waals surface area contributed by atoms with Crippen LogP contribution in [0.2, 0.25) is 18.1 Å². The summed E-state index contributed by atoms with van der Waals surface area (Å²) in [5.74, 6) is 1.16. The van der Waals surface area contributed by atoms with Crippen LogP contribution in [-0.4, -0.2) is 39.1 Å². The Morgan fingerprint density at radius 3 is 2.14 bits per heavy atom. The molecule has 0 aliphatic rings. The minimum Gasteiger partial charge on any atom is -0.531 e. The number of nitrogens with zero attached hydrogens (tertiary/aromatic N) is 2. The standard InChI is InChI=1S/C22H34N2O3Si/c1-9-23(10-2)20-18(21(25)26-6)16-19(27-28(7,8)22(3,4)5)24(20)17-14-12-11-13-15-17/h11-16H,9-10H2,1-8H3. The first-order valence-corrected chi connectivity index (χ1v) is 12.8. The molecule has 154 valence electrons. The number of para-hydroxylation sites is 1. The van der Waals surface area contributed by atoms with Gasteiger partial charge in [0.2, 0.25) is 0 Å². The van der Waals surface area contributed by atoms with Crippen LogP contribution in [0.1, 0.15) is 45.0 Å². The van der Waals surface area contributed by atoms with Gasteiger partial charge in [-0.15, -0.1) is 0 Å². The molecule has 0 saturated heterocycles. The van der Waals surface area contributed by atoms with E-state index in [1.165, 1.54) is 7.11 Å². The van der Waals surface area contributed by atoms with E-state index < -0.39 is 8.32 Å². The Hall–Kier alpha value is -2.21. The van der Waals surface area contributed by atoms with Gasteiger partial charge in [0.05, 0.1) is 12.8 Å². The Balaban J connectivity index is 2.79. The molecule has 0 fully saturated rings. The van der Waals surface area contributed by atoms with Crippen LogP contribution in [0, 0.1) is 0 Å². The molecule has 1 heterocycles. The molecule has 1 aromatic heterocycles. The highest BCUT2D eigenvalue weighted by Crippen LogP contribution is 2.41. The molecule has 28 heavy (non-hydrogen) atoms. The maximum absolute atomic E-state index is 12.6. The van der Waals surface area contributed by atoms with Crippen molar-refractivity contribution >= 4 is 20.1 Å². The van der Waals surface area contributed by atoms with Crippen LogP contribution < -0.4 is 9.33 Å². The molecule has 0 unspecified atom stereocenters. The Kier molecular flexibility index (Phi) is 6.65.